The molecule has 0 atom stereocenters. The van der Waals surface area contributed by atoms with Crippen LogP contribution >= 0.6 is 15.9 Å². The maximum atomic E-state index is 14.3. The minimum absolute atomic E-state index is 0.00959. The largest absolute Gasteiger partial charge is 0.444 e. The number of ether oxygens (including phenoxy) is 1. The summed E-state index contributed by atoms with van der Waals surface area (Å²) in [6, 6.07) is 10.2. The van der Waals surface area contributed by atoms with E-state index in [1.807, 2.05) is 0 Å². The molecule has 0 fully saturated rings. The fraction of sp³-hybridized carbons (Fsp3) is 0.263. The Bertz CT molecular complexity index is 819. The van der Waals surface area contributed by atoms with Gasteiger partial charge in [-0.25, -0.2) is 9.18 Å². The lowest BCUT2D eigenvalue weighted by Gasteiger charge is -2.19. The van der Waals surface area contributed by atoms with Gasteiger partial charge in [0.2, 0.25) is 0 Å². The Balaban J connectivity index is 2.05. The number of amides is 1. The molecule has 0 aliphatic heterocycles. The predicted octanol–water partition coefficient (Wildman–Crippen LogP) is 5.36. The molecule has 0 spiro atoms. The van der Waals surface area contributed by atoms with Crippen LogP contribution in [0.25, 0.3) is 0 Å². The Morgan fingerprint density at radius 2 is 1.92 bits per heavy atom. The summed E-state index contributed by atoms with van der Waals surface area (Å²) in [5.41, 5.74) is 1.00. The van der Waals surface area contributed by atoms with Crippen LogP contribution in [-0.2, 0) is 11.3 Å². The van der Waals surface area contributed by atoms with Gasteiger partial charge in [0.1, 0.15) is 11.4 Å². The second kappa shape index (κ2) is 8.31. The summed E-state index contributed by atoms with van der Waals surface area (Å²) in [5, 5.41) is 5.72. The molecule has 138 valence electrons. The highest BCUT2D eigenvalue weighted by Crippen LogP contribution is 2.23. The maximum absolute atomic E-state index is 14.3. The van der Waals surface area contributed by atoms with Gasteiger partial charge in [-0.05, 0) is 61.0 Å². The molecule has 0 aliphatic rings. The molecule has 26 heavy (non-hydrogen) atoms. The number of anilines is 2. The van der Waals surface area contributed by atoms with E-state index in [0.717, 1.165) is 0 Å². The van der Waals surface area contributed by atoms with Crippen molar-refractivity contribution in [1.29, 1.82) is 0 Å². The first-order chi connectivity index (χ1) is 12.2. The van der Waals surface area contributed by atoms with Gasteiger partial charge in [0, 0.05) is 28.0 Å². The number of carbonyl (C=O) groups is 2. The third-order valence-corrected chi connectivity index (χ3v) is 4.01. The number of hydrogen-bond donors (Lipinski definition) is 2. The zero-order valence-electron chi connectivity index (χ0n) is 14.7. The van der Waals surface area contributed by atoms with Gasteiger partial charge < -0.3 is 10.1 Å². The summed E-state index contributed by atoms with van der Waals surface area (Å²) < 4.78 is 19.9. The number of nitrogens with one attached hydrogen (secondary N) is 2. The van der Waals surface area contributed by atoms with E-state index in [9.17, 15) is 14.0 Å². The number of hydrogen-bond acceptors (Lipinski definition) is 4. The van der Waals surface area contributed by atoms with Gasteiger partial charge in [0.15, 0.2) is 6.29 Å². The zero-order valence-corrected chi connectivity index (χ0v) is 16.3. The Labute approximate surface area is 160 Å². The summed E-state index contributed by atoms with van der Waals surface area (Å²) in [4.78, 5) is 22.8. The van der Waals surface area contributed by atoms with Gasteiger partial charge in [-0.1, -0.05) is 12.1 Å². The van der Waals surface area contributed by atoms with E-state index in [1.165, 1.54) is 0 Å². The van der Waals surface area contributed by atoms with E-state index < -0.39 is 17.5 Å². The molecule has 2 aromatic carbocycles. The summed E-state index contributed by atoms with van der Waals surface area (Å²) >= 11 is 3.15. The normalized spacial score (nSPS) is 11.0. The number of rotatable bonds is 5. The number of halogens is 2. The van der Waals surface area contributed by atoms with Crippen LogP contribution in [0.15, 0.2) is 40.9 Å². The first-order valence-corrected chi connectivity index (χ1v) is 8.75. The molecule has 0 saturated carbocycles. The van der Waals surface area contributed by atoms with Crippen LogP contribution in [0.2, 0.25) is 0 Å². The summed E-state index contributed by atoms with van der Waals surface area (Å²) in [6.07, 6.45) is -0.0712. The lowest BCUT2D eigenvalue weighted by Crippen LogP contribution is -2.27. The van der Waals surface area contributed by atoms with Crippen molar-refractivity contribution in [3.8, 4) is 0 Å². The lowest BCUT2D eigenvalue weighted by molar-refractivity contribution is 0.0636. The Hall–Kier alpha value is -2.41. The summed E-state index contributed by atoms with van der Waals surface area (Å²) in [6.45, 7) is 5.54. The Morgan fingerprint density at radius 1 is 1.23 bits per heavy atom. The lowest BCUT2D eigenvalue weighted by atomic mass is 10.1. The van der Waals surface area contributed by atoms with Crippen molar-refractivity contribution in [1.82, 2.24) is 0 Å². The third-order valence-electron chi connectivity index (χ3n) is 3.32. The standard InChI is InChI=1S/C19H20BrFN2O3/c1-19(2,3)26-18(25)23-14-6-4-5-13(9-14)22-10-12-7-8-16(20)15(11-24)17(12)21/h4-9,11,22H,10H2,1-3H3,(H,23,25). The SMILES string of the molecule is CC(C)(C)OC(=O)Nc1cccc(NCc2ccc(Br)c(C=O)c2F)c1. The smallest absolute Gasteiger partial charge is 0.412 e. The van der Waals surface area contributed by atoms with Crippen LogP contribution in [-0.4, -0.2) is 18.0 Å². The van der Waals surface area contributed by atoms with Crippen LogP contribution in [0.3, 0.4) is 0 Å². The first kappa shape index (κ1) is 19.9. The van der Waals surface area contributed by atoms with Gasteiger partial charge in [0.25, 0.3) is 0 Å². The quantitative estimate of drug-likeness (QED) is 0.636. The fourth-order valence-corrected chi connectivity index (χ4v) is 2.58. The average Bonchev–Trinajstić information content (AvgIpc) is 2.53. The van der Waals surface area contributed by atoms with Crippen molar-refractivity contribution in [3.05, 3.63) is 57.8 Å². The van der Waals surface area contributed by atoms with E-state index >= 15 is 0 Å². The van der Waals surface area contributed by atoms with E-state index in [4.69, 9.17) is 4.74 Å². The minimum Gasteiger partial charge on any atom is -0.444 e. The van der Waals surface area contributed by atoms with Crippen LogP contribution in [0.4, 0.5) is 20.6 Å². The molecular formula is C19H20BrFN2O3. The Morgan fingerprint density at radius 3 is 2.58 bits per heavy atom. The molecule has 0 bridgehead atoms. The number of carbonyl (C=O) groups excluding carboxylic acids is 2. The number of aldehydes is 1. The van der Waals surface area contributed by atoms with E-state index in [1.54, 1.807) is 57.2 Å². The van der Waals surface area contributed by atoms with Crippen molar-refractivity contribution >= 4 is 39.7 Å². The van der Waals surface area contributed by atoms with Gasteiger partial charge in [-0.3, -0.25) is 10.1 Å². The van der Waals surface area contributed by atoms with Crippen molar-refractivity contribution in [2.75, 3.05) is 10.6 Å². The van der Waals surface area contributed by atoms with E-state index in [-0.39, 0.29) is 12.1 Å². The van der Waals surface area contributed by atoms with Gasteiger partial charge in [-0.15, -0.1) is 0 Å². The molecule has 5 nitrogen and oxygen atoms in total. The van der Waals surface area contributed by atoms with E-state index in [2.05, 4.69) is 26.6 Å². The minimum atomic E-state index is -0.588. The van der Waals surface area contributed by atoms with Gasteiger partial charge in [-0.2, -0.15) is 0 Å². The second-order valence-electron chi connectivity index (χ2n) is 6.61. The molecule has 0 radical (unpaired) electrons. The second-order valence-corrected chi connectivity index (χ2v) is 7.47. The van der Waals surface area contributed by atoms with Crippen molar-refractivity contribution in [2.24, 2.45) is 0 Å². The maximum Gasteiger partial charge on any atom is 0.412 e. The van der Waals surface area contributed by atoms with Crippen LogP contribution in [0, 0.1) is 5.82 Å². The average molecular weight is 423 g/mol. The van der Waals surface area contributed by atoms with Crippen molar-refractivity contribution < 1.29 is 18.7 Å². The van der Waals surface area contributed by atoms with E-state index in [0.29, 0.717) is 27.7 Å². The molecule has 0 saturated heterocycles. The molecule has 0 aliphatic carbocycles. The molecule has 2 N–H and O–H groups in total. The highest BCUT2D eigenvalue weighted by molar-refractivity contribution is 9.10. The molecule has 0 aromatic heterocycles. The topological polar surface area (TPSA) is 67.4 Å². The molecule has 2 rings (SSSR count). The van der Waals surface area contributed by atoms with Gasteiger partial charge in [0.05, 0.1) is 5.56 Å². The zero-order chi connectivity index (χ0) is 19.3. The highest BCUT2D eigenvalue weighted by atomic mass is 79.9. The third kappa shape index (κ3) is 5.56. The summed E-state index contributed by atoms with van der Waals surface area (Å²) in [5.74, 6) is -0.565. The van der Waals surface area contributed by atoms with Crippen LogP contribution in [0.1, 0.15) is 36.7 Å². The molecule has 7 heteroatoms. The first-order valence-electron chi connectivity index (χ1n) is 7.95. The van der Waals surface area contributed by atoms with Crippen LogP contribution < -0.4 is 10.6 Å². The fourth-order valence-electron chi connectivity index (χ4n) is 2.18. The molecule has 1 amide bonds. The monoisotopic (exact) mass is 422 g/mol. The Kier molecular flexibility index (Phi) is 6.37. The highest BCUT2D eigenvalue weighted by Gasteiger charge is 2.16. The van der Waals surface area contributed by atoms with Crippen molar-refractivity contribution in [2.45, 2.75) is 32.9 Å². The molecular weight excluding hydrogens is 403 g/mol. The predicted molar refractivity (Wildman–Crippen MR) is 103 cm³/mol. The van der Waals surface area contributed by atoms with Gasteiger partial charge >= 0.3 is 6.09 Å². The molecule has 0 heterocycles. The molecule has 2 aromatic rings. The van der Waals surface area contributed by atoms with Crippen LogP contribution in [0.5, 0.6) is 0 Å². The van der Waals surface area contributed by atoms with Crippen molar-refractivity contribution in [3.63, 3.8) is 0 Å². The number of benzene rings is 2. The summed E-state index contributed by atoms with van der Waals surface area (Å²) in [7, 11) is 0. The molecule has 0 unspecified atom stereocenters.